The van der Waals surface area contributed by atoms with Crippen LogP contribution in [0.4, 0.5) is 13.2 Å². The van der Waals surface area contributed by atoms with Gasteiger partial charge >= 0.3 is 6.18 Å². The minimum absolute atomic E-state index is 0.0604. The fourth-order valence-corrected chi connectivity index (χ4v) is 0.989. The van der Waals surface area contributed by atoms with Crippen LogP contribution >= 0.6 is 0 Å². The van der Waals surface area contributed by atoms with Gasteiger partial charge in [-0.2, -0.15) is 13.2 Å². The molecular formula is C8H11F3O. The van der Waals surface area contributed by atoms with Crippen LogP contribution in [0.15, 0.2) is 0 Å². The second-order valence-electron chi connectivity index (χ2n) is 3.39. The predicted molar refractivity (Wildman–Crippen MR) is 37.6 cm³/mol. The van der Waals surface area contributed by atoms with Gasteiger partial charge < -0.3 is 0 Å². The third-order valence-electron chi connectivity index (χ3n) is 2.10. The molecule has 0 bridgehead atoms. The van der Waals surface area contributed by atoms with Crippen LogP contribution < -0.4 is 0 Å². The molecule has 1 saturated carbocycles. The highest BCUT2D eigenvalue weighted by Gasteiger charge is 2.40. The Kier molecular flexibility index (Phi) is 2.44. The van der Waals surface area contributed by atoms with Crippen LogP contribution in [0.2, 0.25) is 0 Å². The summed E-state index contributed by atoms with van der Waals surface area (Å²) in [7, 11) is 0. The Balaban J connectivity index is 2.34. The van der Waals surface area contributed by atoms with E-state index in [4.69, 9.17) is 0 Å². The van der Waals surface area contributed by atoms with E-state index in [-0.39, 0.29) is 18.1 Å². The quantitative estimate of drug-likeness (QED) is 0.652. The maximum absolute atomic E-state index is 11.9. The molecule has 1 fully saturated rings. The first kappa shape index (κ1) is 9.55. The van der Waals surface area contributed by atoms with E-state index in [1.165, 1.54) is 0 Å². The summed E-state index contributed by atoms with van der Waals surface area (Å²) in [5.74, 6) is -1.76. The topological polar surface area (TPSA) is 17.1 Å². The number of ketones is 1. The van der Waals surface area contributed by atoms with Crippen LogP contribution in [-0.4, -0.2) is 12.0 Å². The maximum Gasteiger partial charge on any atom is 0.391 e. The summed E-state index contributed by atoms with van der Waals surface area (Å²) in [4.78, 5) is 11.0. The largest absolute Gasteiger partial charge is 0.391 e. The molecule has 0 spiro atoms. The Morgan fingerprint density at radius 1 is 1.50 bits per heavy atom. The highest BCUT2D eigenvalue weighted by molar-refractivity contribution is 5.83. The number of rotatable bonds is 3. The number of halogens is 3. The van der Waals surface area contributed by atoms with Gasteiger partial charge in [-0.15, -0.1) is 0 Å². The van der Waals surface area contributed by atoms with Crippen LogP contribution in [0.25, 0.3) is 0 Å². The summed E-state index contributed by atoms with van der Waals surface area (Å²) in [5, 5.41) is 0. The summed E-state index contributed by atoms with van der Waals surface area (Å²) in [5.41, 5.74) is 0. The second kappa shape index (κ2) is 3.07. The van der Waals surface area contributed by atoms with E-state index in [1.807, 2.05) is 0 Å². The van der Waals surface area contributed by atoms with Gasteiger partial charge in [-0.05, 0) is 12.8 Å². The van der Waals surface area contributed by atoms with E-state index < -0.39 is 12.1 Å². The van der Waals surface area contributed by atoms with Gasteiger partial charge in [0, 0.05) is 12.3 Å². The van der Waals surface area contributed by atoms with Crippen molar-refractivity contribution in [1.82, 2.24) is 0 Å². The van der Waals surface area contributed by atoms with Gasteiger partial charge in [0.25, 0.3) is 0 Å². The van der Waals surface area contributed by atoms with Gasteiger partial charge in [0.15, 0.2) is 0 Å². The van der Waals surface area contributed by atoms with Crippen LogP contribution in [0.3, 0.4) is 0 Å². The van der Waals surface area contributed by atoms with Crippen molar-refractivity contribution in [2.24, 2.45) is 11.8 Å². The third kappa shape index (κ3) is 2.50. The molecule has 0 aliphatic heterocycles. The van der Waals surface area contributed by atoms with Crippen molar-refractivity contribution in [3.63, 3.8) is 0 Å². The van der Waals surface area contributed by atoms with E-state index in [9.17, 15) is 18.0 Å². The molecule has 1 rings (SSSR count). The van der Waals surface area contributed by atoms with Gasteiger partial charge in [-0.3, -0.25) is 4.79 Å². The standard InChI is InChI=1S/C8H11F3O/c1-5(8(9,10)11)4-7(12)6-2-3-6/h5-6H,2-4H2,1H3. The fraction of sp³-hybridized carbons (Fsp3) is 0.875. The van der Waals surface area contributed by atoms with Gasteiger partial charge in [-0.25, -0.2) is 0 Å². The Bertz CT molecular complexity index is 181. The van der Waals surface area contributed by atoms with Crippen molar-refractivity contribution in [3.8, 4) is 0 Å². The molecule has 70 valence electrons. The van der Waals surface area contributed by atoms with Gasteiger partial charge in [0.1, 0.15) is 5.78 Å². The lowest BCUT2D eigenvalue weighted by atomic mass is 10.0. The molecule has 1 aliphatic rings. The van der Waals surface area contributed by atoms with Crippen LogP contribution in [0, 0.1) is 11.8 Å². The predicted octanol–water partition coefficient (Wildman–Crippen LogP) is 2.55. The minimum atomic E-state index is -4.22. The van der Waals surface area contributed by atoms with Crippen LogP contribution in [0.1, 0.15) is 26.2 Å². The SMILES string of the molecule is CC(CC(=O)C1CC1)C(F)(F)F. The van der Waals surface area contributed by atoms with E-state index in [0.717, 1.165) is 19.8 Å². The van der Waals surface area contributed by atoms with Gasteiger partial charge in [0.2, 0.25) is 0 Å². The normalized spacial score (nSPS) is 20.7. The molecule has 0 radical (unpaired) electrons. The number of Topliss-reactive ketones (excluding diaryl/α,β-unsaturated/α-hetero) is 1. The van der Waals surface area contributed by atoms with Gasteiger partial charge in [-0.1, -0.05) is 6.92 Å². The Labute approximate surface area is 68.9 Å². The monoisotopic (exact) mass is 180 g/mol. The summed E-state index contributed by atoms with van der Waals surface area (Å²) >= 11 is 0. The molecule has 0 saturated heterocycles. The molecule has 1 atom stereocenters. The number of alkyl halides is 3. The number of hydrogen-bond acceptors (Lipinski definition) is 1. The molecule has 1 nitrogen and oxygen atoms in total. The first-order valence-corrected chi connectivity index (χ1v) is 4.00. The maximum atomic E-state index is 11.9. The van der Waals surface area contributed by atoms with E-state index >= 15 is 0 Å². The highest BCUT2D eigenvalue weighted by atomic mass is 19.4. The van der Waals surface area contributed by atoms with Crippen molar-refractivity contribution in [2.75, 3.05) is 0 Å². The average Bonchev–Trinajstić information content (AvgIpc) is 2.65. The smallest absolute Gasteiger partial charge is 0.299 e. The van der Waals surface area contributed by atoms with Gasteiger partial charge in [0.05, 0.1) is 5.92 Å². The molecule has 1 aliphatic carbocycles. The summed E-state index contributed by atoms with van der Waals surface area (Å²) < 4.78 is 35.8. The molecule has 0 aromatic heterocycles. The van der Waals surface area contributed by atoms with Crippen LogP contribution in [0.5, 0.6) is 0 Å². The fourth-order valence-electron chi connectivity index (χ4n) is 0.989. The average molecular weight is 180 g/mol. The van der Waals surface area contributed by atoms with Crippen molar-refractivity contribution in [2.45, 2.75) is 32.4 Å². The number of hydrogen-bond donors (Lipinski definition) is 0. The lowest BCUT2D eigenvalue weighted by molar-refractivity contribution is -0.174. The van der Waals surface area contributed by atoms with E-state index in [0.29, 0.717) is 0 Å². The lowest BCUT2D eigenvalue weighted by Crippen LogP contribution is -2.23. The zero-order valence-corrected chi connectivity index (χ0v) is 6.82. The summed E-state index contributed by atoms with van der Waals surface area (Å²) in [6.45, 7) is 1.06. The molecule has 1 unspecified atom stereocenters. The van der Waals surface area contributed by atoms with Crippen LogP contribution in [-0.2, 0) is 4.79 Å². The molecule has 4 heteroatoms. The number of carbonyl (C=O) groups is 1. The lowest BCUT2D eigenvalue weighted by Gasteiger charge is -2.13. The van der Waals surface area contributed by atoms with E-state index in [1.54, 1.807) is 0 Å². The van der Waals surface area contributed by atoms with Crippen molar-refractivity contribution in [1.29, 1.82) is 0 Å². The summed E-state index contributed by atoms with van der Waals surface area (Å²) in [6.07, 6.45) is -2.99. The zero-order valence-electron chi connectivity index (χ0n) is 6.82. The second-order valence-corrected chi connectivity index (χ2v) is 3.39. The Hall–Kier alpha value is -0.540. The van der Waals surface area contributed by atoms with Crippen molar-refractivity contribution >= 4 is 5.78 Å². The molecule has 0 heterocycles. The molecule has 0 aromatic carbocycles. The molecule has 0 amide bonds. The first-order valence-electron chi connectivity index (χ1n) is 4.00. The Morgan fingerprint density at radius 3 is 2.33 bits per heavy atom. The summed E-state index contributed by atoms with van der Waals surface area (Å²) in [6, 6.07) is 0. The first-order chi connectivity index (χ1) is 5.41. The Morgan fingerprint density at radius 2 is 2.00 bits per heavy atom. The molecular weight excluding hydrogens is 169 g/mol. The molecule has 12 heavy (non-hydrogen) atoms. The molecule has 0 aromatic rings. The third-order valence-corrected chi connectivity index (χ3v) is 2.10. The number of carbonyl (C=O) groups excluding carboxylic acids is 1. The zero-order chi connectivity index (χ0) is 9.35. The minimum Gasteiger partial charge on any atom is -0.299 e. The molecule has 0 N–H and O–H groups in total. The van der Waals surface area contributed by atoms with Crippen molar-refractivity contribution < 1.29 is 18.0 Å². The van der Waals surface area contributed by atoms with E-state index in [2.05, 4.69) is 0 Å². The highest BCUT2D eigenvalue weighted by Crippen LogP contribution is 2.35. The van der Waals surface area contributed by atoms with Crippen molar-refractivity contribution in [3.05, 3.63) is 0 Å².